The second kappa shape index (κ2) is 16.6. The molecule has 0 saturated carbocycles. The Morgan fingerprint density at radius 1 is 1.03 bits per heavy atom. The Bertz CT molecular complexity index is 496. The van der Waals surface area contributed by atoms with E-state index >= 15 is 0 Å². The number of ether oxygens (including phenoxy) is 1. The first-order chi connectivity index (χ1) is 15.2. The minimum atomic E-state index is -0.510. The monoisotopic (exact) mass is 469 g/mol. The van der Waals surface area contributed by atoms with Crippen LogP contribution in [0.1, 0.15) is 112 Å². The molecule has 0 aromatic heterocycles. The Hall–Kier alpha value is -0.00506. The summed E-state index contributed by atoms with van der Waals surface area (Å²) in [5, 5.41) is 10.5. The van der Waals surface area contributed by atoms with E-state index in [2.05, 4.69) is 43.4 Å². The van der Waals surface area contributed by atoms with Gasteiger partial charge in [-0.05, 0) is 38.9 Å². The van der Waals surface area contributed by atoms with Gasteiger partial charge >= 0.3 is 7.62 Å². The summed E-state index contributed by atoms with van der Waals surface area (Å²) in [6, 6.07) is -0.0384. The molecule has 1 saturated heterocycles. The van der Waals surface area contributed by atoms with Crippen molar-refractivity contribution in [3.05, 3.63) is 12.2 Å². The number of nitrogens with zero attached hydrogens (tertiary/aromatic N) is 1. The number of hydrogen-bond acceptors (Lipinski definition) is 5. The van der Waals surface area contributed by atoms with Crippen LogP contribution in [0.15, 0.2) is 12.2 Å². The van der Waals surface area contributed by atoms with Gasteiger partial charge < -0.3 is 14.5 Å². The van der Waals surface area contributed by atoms with Crippen LogP contribution in [-0.4, -0.2) is 59.6 Å². The summed E-state index contributed by atoms with van der Waals surface area (Å²) in [7, 11) is 2.15. The molecule has 32 heavy (non-hydrogen) atoms. The van der Waals surface area contributed by atoms with Gasteiger partial charge in [-0.1, -0.05) is 90.7 Å². The average molecular weight is 470 g/mol. The standard InChI is InChI=1S/C26H52BNO3S/c1-25(2,3)32-21-19-17-15-13-11-9-7-8-10-12-14-16-18-20-24(29)23-22-31-26(4,5)28(23)27-30-6/h18,20,23-24,27,29H,7-17,19,21-22H2,1-6H3/b20-18+/t23-,24+/m0/s1. The number of aliphatic hydroxyl groups excluding tert-OH is 1. The second-order valence-corrected chi connectivity index (χ2v) is 12.7. The molecule has 188 valence electrons. The lowest BCUT2D eigenvalue weighted by atomic mass is 10.00. The molecule has 1 aliphatic heterocycles. The molecule has 4 nitrogen and oxygen atoms in total. The van der Waals surface area contributed by atoms with Crippen molar-refractivity contribution in [2.45, 2.75) is 134 Å². The fraction of sp³-hybridized carbons (Fsp3) is 0.923. The van der Waals surface area contributed by atoms with Gasteiger partial charge in [0.2, 0.25) is 0 Å². The minimum Gasteiger partial charge on any atom is -0.427 e. The van der Waals surface area contributed by atoms with Crippen LogP contribution in [0.3, 0.4) is 0 Å². The number of unbranched alkanes of at least 4 members (excludes halogenated alkanes) is 11. The van der Waals surface area contributed by atoms with Crippen molar-refractivity contribution in [1.82, 2.24) is 4.81 Å². The van der Waals surface area contributed by atoms with E-state index in [1.807, 2.05) is 19.9 Å². The summed E-state index contributed by atoms with van der Waals surface area (Å²) in [5.74, 6) is 1.32. The predicted molar refractivity (Wildman–Crippen MR) is 143 cm³/mol. The normalized spacial score (nSPS) is 20.3. The van der Waals surface area contributed by atoms with Crippen LogP contribution < -0.4 is 0 Å². The Morgan fingerprint density at radius 2 is 1.56 bits per heavy atom. The highest BCUT2D eigenvalue weighted by atomic mass is 32.2. The molecule has 1 aliphatic rings. The predicted octanol–water partition coefficient (Wildman–Crippen LogP) is 6.47. The zero-order valence-corrected chi connectivity index (χ0v) is 22.9. The van der Waals surface area contributed by atoms with Crippen molar-refractivity contribution >= 4 is 19.4 Å². The first-order valence-corrected chi connectivity index (χ1v) is 14.0. The number of allylic oxidation sites excluding steroid dienone is 1. The van der Waals surface area contributed by atoms with Gasteiger partial charge in [0, 0.05) is 11.9 Å². The van der Waals surface area contributed by atoms with Crippen LogP contribution >= 0.6 is 11.8 Å². The van der Waals surface area contributed by atoms with Gasteiger partial charge in [-0.15, -0.1) is 0 Å². The summed E-state index contributed by atoms with van der Waals surface area (Å²) in [6.07, 6.45) is 19.7. The van der Waals surface area contributed by atoms with Gasteiger partial charge in [-0.2, -0.15) is 11.8 Å². The summed E-state index contributed by atoms with van der Waals surface area (Å²) in [6.45, 7) is 11.5. The smallest absolute Gasteiger partial charge is 0.365 e. The van der Waals surface area contributed by atoms with Crippen molar-refractivity contribution in [3.8, 4) is 0 Å². The van der Waals surface area contributed by atoms with E-state index < -0.39 is 6.10 Å². The number of hydrogen-bond donors (Lipinski definition) is 1. The molecule has 1 N–H and O–H groups in total. The van der Waals surface area contributed by atoms with Crippen LogP contribution in [-0.2, 0) is 9.39 Å². The molecule has 1 fully saturated rings. The van der Waals surface area contributed by atoms with Crippen LogP contribution in [0.5, 0.6) is 0 Å². The third-order valence-electron chi connectivity index (χ3n) is 6.25. The lowest BCUT2D eigenvalue weighted by Gasteiger charge is -2.33. The highest BCUT2D eigenvalue weighted by molar-refractivity contribution is 8.00. The SMILES string of the molecule is COBN1[C@H]([C@H](O)/C=C/CCCCCCCCCCCCCSC(C)(C)C)COC1(C)C. The van der Waals surface area contributed by atoms with Crippen LogP contribution in [0.25, 0.3) is 0 Å². The molecule has 0 aromatic rings. The lowest BCUT2D eigenvalue weighted by molar-refractivity contribution is -0.0235. The Kier molecular flexibility index (Phi) is 15.6. The largest absolute Gasteiger partial charge is 0.427 e. The van der Waals surface area contributed by atoms with Crippen molar-refractivity contribution in [3.63, 3.8) is 0 Å². The molecule has 0 amide bonds. The quantitative estimate of drug-likeness (QED) is 0.142. The molecular formula is C26H52BNO3S. The summed E-state index contributed by atoms with van der Waals surface area (Å²) in [5.41, 5.74) is -0.388. The van der Waals surface area contributed by atoms with E-state index in [4.69, 9.17) is 9.39 Å². The van der Waals surface area contributed by atoms with Crippen LogP contribution in [0.2, 0.25) is 0 Å². The Balaban J connectivity index is 1.94. The van der Waals surface area contributed by atoms with Crippen LogP contribution in [0, 0.1) is 0 Å². The molecule has 0 aliphatic carbocycles. The summed E-state index contributed by atoms with van der Waals surface area (Å²) < 4.78 is 11.5. The molecule has 0 aromatic carbocycles. The highest BCUT2D eigenvalue weighted by Crippen LogP contribution is 2.28. The van der Waals surface area contributed by atoms with Crippen molar-refractivity contribution < 1.29 is 14.5 Å². The molecule has 0 unspecified atom stereocenters. The van der Waals surface area contributed by atoms with E-state index in [0.717, 1.165) is 6.42 Å². The molecule has 2 atom stereocenters. The zero-order chi connectivity index (χ0) is 23.9. The third kappa shape index (κ3) is 13.6. The van der Waals surface area contributed by atoms with Gasteiger partial charge in [0.25, 0.3) is 0 Å². The summed E-state index contributed by atoms with van der Waals surface area (Å²) >= 11 is 2.10. The molecule has 1 rings (SSSR count). The zero-order valence-electron chi connectivity index (χ0n) is 22.0. The number of rotatable bonds is 18. The van der Waals surface area contributed by atoms with Gasteiger partial charge in [-0.25, -0.2) is 0 Å². The first kappa shape index (κ1) is 30.0. The molecule has 0 radical (unpaired) electrons. The van der Waals surface area contributed by atoms with Crippen molar-refractivity contribution in [2.24, 2.45) is 0 Å². The van der Waals surface area contributed by atoms with Gasteiger partial charge in [-0.3, -0.25) is 4.81 Å². The van der Waals surface area contributed by atoms with Crippen molar-refractivity contribution in [2.75, 3.05) is 19.5 Å². The Labute approximate surface area is 204 Å². The Morgan fingerprint density at radius 3 is 2.09 bits per heavy atom. The fourth-order valence-electron chi connectivity index (χ4n) is 4.23. The maximum atomic E-state index is 10.5. The van der Waals surface area contributed by atoms with E-state index in [1.165, 1.54) is 76.4 Å². The first-order valence-electron chi connectivity index (χ1n) is 13.1. The van der Waals surface area contributed by atoms with Gasteiger partial charge in [0.15, 0.2) is 0 Å². The minimum absolute atomic E-state index is 0.0384. The lowest BCUT2D eigenvalue weighted by Crippen LogP contribution is -2.50. The van der Waals surface area contributed by atoms with E-state index in [0.29, 0.717) is 19.0 Å². The maximum Gasteiger partial charge on any atom is 0.365 e. The summed E-state index contributed by atoms with van der Waals surface area (Å²) in [4.78, 5) is 2.09. The van der Waals surface area contributed by atoms with Gasteiger partial charge in [0.05, 0.1) is 18.8 Å². The average Bonchev–Trinajstić information content (AvgIpc) is 3.01. The molecule has 0 bridgehead atoms. The third-order valence-corrected chi connectivity index (χ3v) is 7.60. The van der Waals surface area contributed by atoms with Gasteiger partial charge in [0.1, 0.15) is 5.72 Å². The number of thioether (sulfide) groups is 1. The molecule has 0 spiro atoms. The highest BCUT2D eigenvalue weighted by Gasteiger charge is 2.43. The van der Waals surface area contributed by atoms with Crippen LogP contribution in [0.4, 0.5) is 0 Å². The van der Waals surface area contributed by atoms with Crippen molar-refractivity contribution in [1.29, 1.82) is 0 Å². The van der Waals surface area contributed by atoms with E-state index in [1.54, 1.807) is 7.11 Å². The maximum absolute atomic E-state index is 10.5. The van der Waals surface area contributed by atoms with E-state index in [9.17, 15) is 5.11 Å². The van der Waals surface area contributed by atoms with E-state index in [-0.39, 0.29) is 11.8 Å². The topological polar surface area (TPSA) is 41.9 Å². The fourth-order valence-corrected chi connectivity index (χ4v) is 5.19. The molecular weight excluding hydrogens is 417 g/mol. The second-order valence-electron chi connectivity index (χ2n) is 10.8. The molecule has 1 heterocycles. The number of aliphatic hydroxyl groups is 1. The molecule has 6 heteroatoms.